The van der Waals surface area contributed by atoms with Crippen molar-refractivity contribution in [2.75, 3.05) is 39.3 Å². The molecule has 1 aliphatic carbocycles. The monoisotopic (exact) mass is 527 g/mol. The fourth-order valence-electron chi connectivity index (χ4n) is 5.52. The molecule has 1 saturated carbocycles. The van der Waals surface area contributed by atoms with Gasteiger partial charge in [0.2, 0.25) is 12.7 Å². The minimum atomic E-state index is -0.570. The van der Waals surface area contributed by atoms with Crippen molar-refractivity contribution in [3.63, 3.8) is 0 Å². The van der Waals surface area contributed by atoms with E-state index in [1.807, 2.05) is 54.6 Å². The molecular weight excluding hydrogens is 494 g/mol. The summed E-state index contributed by atoms with van der Waals surface area (Å²) in [6, 6.07) is 19.3. The third-order valence-corrected chi connectivity index (χ3v) is 7.97. The minimum absolute atomic E-state index is 0.0327. The molecule has 0 bridgehead atoms. The van der Waals surface area contributed by atoms with Gasteiger partial charge in [0.15, 0.2) is 11.5 Å². The van der Waals surface area contributed by atoms with Crippen molar-refractivity contribution < 1.29 is 24.2 Å². The normalized spacial score (nSPS) is 19.1. The van der Waals surface area contributed by atoms with E-state index in [2.05, 4.69) is 16.3 Å². The molecule has 8 nitrogen and oxygen atoms in total. The van der Waals surface area contributed by atoms with Crippen LogP contribution in [0.5, 0.6) is 11.5 Å². The van der Waals surface area contributed by atoms with E-state index in [0.717, 1.165) is 53.7 Å². The maximum Gasteiger partial charge on any atom is 0.253 e. The van der Waals surface area contributed by atoms with Crippen LogP contribution in [0.3, 0.4) is 0 Å². The highest BCUT2D eigenvalue weighted by molar-refractivity contribution is 6.02. The molecule has 202 valence electrons. The van der Waals surface area contributed by atoms with Crippen LogP contribution >= 0.6 is 0 Å². The number of benzene rings is 3. The van der Waals surface area contributed by atoms with Crippen molar-refractivity contribution >= 4 is 17.5 Å². The molecule has 3 aliphatic rings. The Morgan fingerprint density at radius 1 is 1.03 bits per heavy atom. The molecule has 0 unspecified atom stereocenters. The molecule has 0 radical (unpaired) electrons. The SMILES string of the molecule is CN(C)C(=O)c1ccc(-c2cc(NC(=O)C3(c4ccc5c(c4)OCO5)CC3)ccc2CN2CC[C@@H](O)C2)cc1. The lowest BCUT2D eigenvalue weighted by molar-refractivity contribution is -0.118. The fourth-order valence-corrected chi connectivity index (χ4v) is 5.52. The van der Waals surface area contributed by atoms with Crippen LogP contribution in [0.1, 0.15) is 40.7 Å². The number of likely N-dealkylation sites (tertiary alicyclic amines) is 1. The maximum atomic E-state index is 13.6. The van der Waals surface area contributed by atoms with Gasteiger partial charge in [-0.05, 0) is 77.9 Å². The van der Waals surface area contributed by atoms with Crippen molar-refractivity contribution in [1.29, 1.82) is 0 Å². The van der Waals surface area contributed by atoms with Crippen LogP contribution < -0.4 is 14.8 Å². The lowest BCUT2D eigenvalue weighted by Crippen LogP contribution is -2.28. The van der Waals surface area contributed by atoms with Gasteiger partial charge < -0.3 is 24.8 Å². The van der Waals surface area contributed by atoms with Crippen molar-refractivity contribution in [2.24, 2.45) is 0 Å². The van der Waals surface area contributed by atoms with Crippen molar-refractivity contribution in [3.8, 4) is 22.6 Å². The van der Waals surface area contributed by atoms with E-state index in [9.17, 15) is 14.7 Å². The van der Waals surface area contributed by atoms with Crippen LogP contribution in [0.15, 0.2) is 60.7 Å². The van der Waals surface area contributed by atoms with E-state index in [4.69, 9.17) is 9.47 Å². The summed E-state index contributed by atoms with van der Waals surface area (Å²) in [6.45, 7) is 2.38. The largest absolute Gasteiger partial charge is 0.454 e. The zero-order valence-electron chi connectivity index (χ0n) is 22.3. The summed E-state index contributed by atoms with van der Waals surface area (Å²) in [5.74, 6) is 1.31. The Kier molecular flexibility index (Phi) is 6.53. The Morgan fingerprint density at radius 3 is 2.49 bits per heavy atom. The van der Waals surface area contributed by atoms with Gasteiger partial charge in [-0.25, -0.2) is 0 Å². The molecule has 1 saturated heterocycles. The highest BCUT2D eigenvalue weighted by atomic mass is 16.7. The van der Waals surface area contributed by atoms with Gasteiger partial charge in [-0.2, -0.15) is 0 Å². The van der Waals surface area contributed by atoms with Crippen LogP contribution in [0, 0.1) is 0 Å². The second-order valence-electron chi connectivity index (χ2n) is 10.9. The molecule has 2 heterocycles. The molecule has 1 atom stereocenters. The standard InChI is InChI=1S/C31H33N3O5/c1-33(2)29(36)21-5-3-20(4-6-21)26-16-24(9-7-22(26)17-34-14-11-25(35)18-34)32-30(37)31(12-13-31)23-8-10-27-28(15-23)39-19-38-27/h3-10,15-16,25,35H,11-14,17-19H2,1-2H3,(H,32,37)/t25-/m1/s1. The van der Waals surface area contributed by atoms with Crippen molar-refractivity contribution in [2.45, 2.75) is 37.3 Å². The number of nitrogens with zero attached hydrogens (tertiary/aromatic N) is 2. The highest BCUT2D eigenvalue weighted by Gasteiger charge is 2.51. The van der Waals surface area contributed by atoms with Gasteiger partial charge >= 0.3 is 0 Å². The van der Waals surface area contributed by atoms with Crippen LogP contribution in [0.4, 0.5) is 5.69 Å². The fraction of sp³-hybridized carbons (Fsp3) is 0.355. The first-order valence-electron chi connectivity index (χ1n) is 13.4. The lowest BCUT2D eigenvalue weighted by atomic mass is 9.93. The zero-order valence-corrected chi connectivity index (χ0v) is 22.3. The first kappa shape index (κ1) is 25.4. The molecule has 3 aromatic carbocycles. The molecule has 2 amide bonds. The number of aliphatic hydroxyl groups excluding tert-OH is 1. The number of fused-ring (bicyclic) bond motifs is 1. The Balaban J connectivity index is 1.28. The predicted octanol–water partition coefficient (Wildman–Crippen LogP) is 4.02. The number of carbonyl (C=O) groups is 2. The van der Waals surface area contributed by atoms with Crippen molar-refractivity contribution in [3.05, 3.63) is 77.4 Å². The summed E-state index contributed by atoms with van der Waals surface area (Å²) in [5.41, 5.74) is 4.77. The first-order chi connectivity index (χ1) is 18.8. The summed E-state index contributed by atoms with van der Waals surface area (Å²) >= 11 is 0. The Bertz CT molecular complexity index is 1410. The number of hydrogen-bond donors (Lipinski definition) is 2. The van der Waals surface area contributed by atoms with Gasteiger partial charge in [-0.15, -0.1) is 0 Å². The van der Waals surface area contributed by atoms with Gasteiger partial charge in [-0.3, -0.25) is 14.5 Å². The van der Waals surface area contributed by atoms with Crippen LogP contribution in [0.2, 0.25) is 0 Å². The quantitative estimate of drug-likeness (QED) is 0.482. The van der Waals surface area contributed by atoms with Gasteiger partial charge in [-0.1, -0.05) is 24.3 Å². The molecule has 0 spiro atoms. The number of ether oxygens (including phenoxy) is 2. The second kappa shape index (κ2) is 10.0. The van der Waals surface area contributed by atoms with Gasteiger partial charge in [0.05, 0.1) is 11.5 Å². The number of β-amino-alcohol motifs (C(OH)–C–C–N with tert-alkyl or cyclic N) is 1. The van der Waals surface area contributed by atoms with Crippen LogP contribution in [0.25, 0.3) is 11.1 Å². The van der Waals surface area contributed by atoms with Gasteiger partial charge in [0, 0.05) is 45.0 Å². The van der Waals surface area contributed by atoms with E-state index < -0.39 is 5.41 Å². The predicted molar refractivity (Wildman–Crippen MR) is 148 cm³/mol. The summed E-state index contributed by atoms with van der Waals surface area (Å²) in [7, 11) is 3.47. The number of anilines is 1. The summed E-state index contributed by atoms with van der Waals surface area (Å²) in [4.78, 5) is 29.8. The Morgan fingerprint density at radius 2 is 1.79 bits per heavy atom. The second-order valence-corrected chi connectivity index (χ2v) is 10.9. The number of hydrogen-bond acceptors (Lipinski definition) is 6. The number of nitrogens with one attached hydrogen (secondary N) is 1. The molecule has 2 fully saturated rings. The average Bonchev–Trinajstić information content (AvgIpc) is 3.45. The summed E-state index contributed by atoms with van der Waals surface area (Å²) in [5, 5.41) is 13.2. The van der Waals surface area contributed by atoms with Gasteiger partial charge in [0.25, 0.3) is 5.91 Å². The number of carbonyl (C=O) groups excluding carboxylic acids is 2. The molecule has 6 rings (SSSR count). The van der Waals surface area contributed by atoms with E-state index >= 15 is 0 Å². The summed E-state index contributed by atoms with van der Waals surface area (Å²) < 4.78 is 11.0. The minimum Gasteiger partial charge on any atom is -0.454 e. The average molecular weight is 528 g/mol. The Labute approximate surface area is 228 Å². The third-order valence-electron chi connectivity index (χ3n) is 7.97. The number of rotatable bonds is 7. The zero-order chi connectivity index (χ0) is 27.1. The van der Waals surface area contributed by atoms with E-state index in [1.54, 1.807) is 19.0 Å². The maximum absolute atomic E-state index is 13.6. The lowest BCUT2D eigenvalue weighted by Gasteiger charge is -2.20. The van der Waals surface area contributed by atoms with E-state index in [-0.39, 0.29) is 24.7 Å². The topological polar surface area (TPSA) is 91.3 Å². The third kappa shape index (κ3) is 4.97. The van der Waals surface area contributed by atoms with E-state index in [1.165, 1.54) is 0 Å². The van der Waals surface area contributed by atoms with Crippen LogP contribution in [-0.4, -0.2) is 66.8 Å². The molecule has 39 heavy (non-hydrogen) atoms. The molecule has 0 aromatic heterocycles. The molecular formula is C31H33N3O5. The van der Waals surface area contributed by atoms with E-state index in [0.29, 0.717) is 30.2 Å². The highest BCUT2D eigenvalue weighted by Crippen LogP contribution is 2.51. The molecule has 8 heteroatoms. The number of aliphatic hydroxyl groups is 1. The van der Waals surface area contributed by atoms with Crippen LogP contribution in [-0.2, 0) is 16.8 Å². The number of amides is 2. The van der Waals surface area contributed by atoms with Gasteiger partial charge in [0.1, 0.15) is 0 Å². The van der Waals surface area contributed by atoms with Crippen molar-refractivity contribution in [1.82, 2.24) is 9.80 Å². The molecule has 2 N–H and O–H groups in total. The Hall–Kier alpha value is -3.88. The first-order valence-corrected chi connectivity index (χ1v) is 13.4. The molecule has 2 aliphatic heterocycles. The summed E-state index contributed by atoms with van der Waals surface area (Å²) in [6.07, 6.45) is 2.03. The molecule has 3 aromatic rings. The smallest absolute Gasteiger partial charge is 0.253 e.